The normalized spacial score (nSPS) is 15.7. The molecule has 4 aromatic rings. The molecule has 0 unspecified atom stereocenters. The lowest BCUT2D eigenvalue weighted by molar-refractivity contribution is 0.0323. The van der Waals surface area contributed by atoms with Gasteiger partial charge in [-0.05, 0) is 59.4 Å². The summed E-state index contributed by atoms with van der Waals surface area (Å²) in [4.78, 5) is 43.4. The molecule has 1 saturated heterocycles. The highest BCUT2D eigenvalue weighted by Gasteiger charge is 2.30. The number of aromatic nitrogens is 3. The lowest BCUT2D eigenvalue weighted by Gasteiger charge is -2.26. The molecule has 3 aromatic carbocycles. The summed E-state index contributed by atoms with van der Waals surface area (Å²) < 4.78 is 18.4. The van der Waals surface area contributed by atoms with Gasteiger partial charge in [0.1, 0.15) is 12.4 Å². The molecule has 2 heterocycles. The highest BCUT2D eigenvalue weighted by atomic mass is 16.5. The van der Waals surface area contributed by atoms with Crippen molar-refractivity contribution in [3.8, 4) is 28.4 Å². The molecule has 0 amide bonds. The average Bonchev–Trinajstić information content (AvgIpc) is 3.85. The van der Waals surface area contributed by atoms with Gasteiger partial charge in [0.15, 0.2) is 17.2 Å². The van der Waals surface area contributed by atoms with Gasteiger partial charge in [0.05, 0.1) is 31.6 Å². The van der Waals surface area contributed by atoms with Crippen molar-refractivity contribution < 1.29 is 19.0 Å². The van der Waals surface area contributed by atoms with E-state index in [1.165, 1.54) is 7.11 Å². The van der Waals surface area contributed by atoms with E-state index in [0.29, 0.717) is 35.8 Å². The van der Waals surface area contributed by atoms with Crippen LogP contribution in [0, 0.1) is 5.92 Å². The topological polar surface area (TPSA) is 116 Å². The number of hydrogen-bond acceptors (Lipinski definition) is 8. The van der Waals surface area contributed by atoms with Crippen molar-refractivity contribution in [3.63, 3.8) is 0 Å². The Morgan fingerprint density at radius 2 is 1.78 bits per heavy atom. The fourth-order valence-electron chi connectivity index (χ4n) is 5.84. The van der Waals surface area contributed by atoms with E-state index >= 15 is 0 Å². The van der Waals surface area contributed by atoms with E-state index in [1.807, 2.05) is 57.2 Å². The zero-order valence-corrected chi connectivity index (χ0v) is 26.4. The number of ether oxygens (including phenoxy) is 3. The van der Waals surface area contributed by atoms with E-state index < -0.39 is 11.2 Å². The zero-order valence-electron chi connectivity index (χ0n) is 26.4. The third kappa shape index (κ3) is 6.43. The predicted molar refractivity (Wildman–Crippen MR) is 173 cm³/mol. The van der Waals surface area contributed by atoms with Gasteiger partial charge in [0.2, 0.25) is 0 Å². The van der Waals surface area contributed by atoms with Crippen molar-refractivity contribution in [2.24, 2.45) is 5.92 Å². The van der Waals surface area contributed by atoms with Gasteiger partial charge in [0.25, 0.3) is 5.56 Å². The second-order valence-electron chi connectivity index (χ2n) is 12.9. The minimum Gasteiger partial charge on any atom is -0.494 e. The molecule has 2 fully saturated rings. The number of carbonyl (C=O) groups is 1. The van der Waals surface area contributed by atoms with E-state index in [-0.39, 0.29) is 28.3 Å². The molecule has 1 aromatic heterocycles. The Morgan fingerprint density at radius 1 is 1.04 bits per heavy atom. The number of aromatic amines is 1. The molecule has 1 aliphatic heterocycles. The molecule has 10 nitrogen and oxygen atoms in total. The van der Waals surface area contributed by atoms with Gasteiger partial charge < -0.3 is 14.2 Å². The summed E-state index contributed by atoms with van der Waals surface area (Å²) in [7, 11) is 1.45. The number of benzene rings is 3. The Labute approximate surface area is 261 Å². The fourth-order valence-corrected chi connectivity index (χ4v) is 5.84. The van der Waals surface area contributed by atoms with Crippen molar-refractivity contribution in [1.82, 2.24) is 19.7 Å². The molecule has 0 atom stereocenters. The van der Waals surface area contributed by atoms with Crippen LogP contribution < -0.4 is 20.7 Å². The number of nitrogens with zero attached hydrogens (tertiary/aromatic N) is 3. The number of methoxy groups -OCH3 is 1. The highest BCUT2D eigenvalue weighted by molar-refractivity contribution is 6.01. The molecule has 0 radical (unpaired) electrons. The number of morpholine rings is 1. The largest absolute Gasteiger partial charge is 0.494 e. The molecule has 6 rings (SSSR count). The number of fused-ring (bicyclic) bond motifs is 1. The smallest absolute Gasteiger partial charge is 0.349 e. The monoisotopic (exact) mass is 612 g/mol. The summed E-state index contributed by atoms with van der Waals surface area (Å²) >= 11 is 0. The molecule has 1 aliphatic carbocycles. The van der Waals surface area contributed by atoms with Crippen LogP contribution in [0.5, 0.6) is 11.5 Å². The van der Waals surface area contributed by atoms with Gasteiger partial charge in [-0.2, -0.15) is 5.10 Å². The first-order valence-corrected chi connectivity index (χ1v) is 15.6. The van der Waals surface area contributed by atoms with Crippen LogP contribution in [0.1, 0.15) is 56.0 Å². The molecule has 1 saturated carbocycles. The Hall–Kier alpha value is -4.28. The zero-order chi connectivity index (χ0) is 31.7. The van der Waals surface area contributed by atoms with Gasteiger partial charge in [-0.15, -0.1) is 0 Å². The molecular formula is C35H40N4O6. The fraction of sp³-hybridized carbons (Fsp3) is 0.429. The average molecular weight is 613 g/mol. The number of hydrogen-bond donors (Lipinski definition) is 1. The molecule has 0 bridgehead atoms. The molecule has 0 spiro atoms. The van der Waals surface area contributed by atoms with E-state index in [9.17, 15) is 14.4 Å². The molecular weight excluding hydrogens is 572 g/mol. The van der Waals surface area contributed by atoms with Crippen LogP contribution >= 0.6 is 0 Å². The Balaban J connectivity index is 1.44. The third-order valence-corrected chi connectivity index (χ3v) is 8.63. The standard InChI is InChI=1S/C35H40N4O6/c1-35(2,3)23-20-27(29(40)19-22-9-10-22)32(43-4)28(21-23)39-33(41)31(36-37-34(39)42)26-11-12-30(25-8-6-5-7-24(25)26)45-18-15-38-13-16-44-17-14-38/h5-8,11-12,20-22H,9-10,13-19H2,1-4H3,(H,37,42). The van der Waals surface area contributed by atoms with Gasteiger partial charge in [0, 0.05) is 37.0 Å². The Morgan fingerprint density at radius 3 is 2.47 bits per heavy atom. The lowest BCUT2D eigenvalue weighted by Crippen LogP contribution is -2.38. The van der Waals surface area contributed by atoms with Crippen molar-refractivity contribution in [3.05, 3.63) is 80.5 Å². The first-order valence-electron chi connectivity index (χ1n) is 15.6. The number of carbonyl (C=O) groups excluding carboxylic acids is 1. The Kier molecular flexibility index (Phi) is 8.61. The van der Waals surface area contributed by atoms with Crippen LogP contribution in [0.4, 0.5) is 0 Å². The summed E-state index contributed by atoms with van der Waals surface area (Å²) in [5, 5.41) is 8.35. The molecule has 1 N–H and O–H groups in total. The summed E-state index contributed by atoms with van der Waals surface area (Å²) in [5.74, 6) is 1.20. The molecule has 10 heteroatoms. The van der Waals surface area contributed by atoms with E-state index in [2.05, 4.69) is 15.1 Å². The van der Waals surface area contributed by atoms with Crippen molar-refractivity contribution in [2.45, 2.75) is 45.4 Å². The van der Waals surface area contributed by atoms with Crippen LogP contribution in [0.2, 0.25) is 0 Å². The van der Waals surface area contributed by atoms with Gasteiger partial charge >= 0.3 is 5.69 Å². The number of ketones is 1. The maximum atomic E-state index is 14.3. The third-order valence-electron chi connectivity index (χ3n) is 8.63. The van der Waals surface area contributed by atoms with Crippen LogP contribution in [0.3, 0.4) is 0 Å². The number of rotatable bonds is 10. The van der Waals surface area contributed by atoms with Crippen molar-refractivity contribution in [1.29, 1.82) is 0 Å². The number of H-pyrrole nitrogens is 1. The summed E-state index contributed by atoms with van der Waals surface area (Å²) in [6.45, 7) is 10.6. The Bertz CT molecular complexity index is 1840. The summed E-state index contributed by atoms with van der Waals surface area (Å²) in [5.41, 5.74) is 0.320. The first kappa shape index (κ1) is 30.7. The molecule has 2 aliphatic rings. The van der Waals surface area contributed by atoms with E-state index in [0.717, 1.165) is 66.6 Å². The van der Waals surface area contributed by atoms with Gasteiger partial charge in [-0.3, -0.25) is 14.5 Å². The van der Waals surface area contributed by atoms with E-state index in [1.54, 1.807) is 12.1 Å². The van der Waals surface area contributed by atoms with Crippen molar-refractivity contribution >= 4 is 16.6 Å². The number of Topliss-reactive ketones (excluding diaryl/α,β-unsaturated/α-hetero) is 1. The van der Waals surface area contributed by atoms with Gasteiger partial charge in [-0.25, -0.2) is 14.5 Å². The lowest BCUT2D eigenvalue weighted by atomic mass is 9.84. The summed E-state index contributed by atoms with van der Waals surface area (Å²) in [6, 6.07) is 14.9. The first-order chi connectivity index (χ1) is 21.7. The molecule has 45 heavy (non-hydrogen) atoms. The minimum atomic E-state index is -0.721. The van der Waals surface area contributed by atoms with E-state index in [4.69, 9.17) is 14.2 Å². The number of nitrogens with one attached hydrogen (secondary N) is 1. The predicted octanol–water partition coefficient (Wildman–Crippen LogP) is 4.74. The van der Waals surface area contributed by atoms with Crippen LogP contribution in [0.25, 0.3) is 27.7 Å². The summed E-state index contributed by atoms with van der Waals surface area (Å²) in [6.07, 6.45) is 2.46. The maximum absolute atomic E-state index is 14.3. The maximum Gasteiger partial charge on any atom is 0.349 e. The quantitative estimate of drug-likeness (QED) is 0.256. The van der Waals surface area contributed by atoms with Crippen LogP contribution in [-0.2, 0) is 10.2 Å². The highest BCUT2D eigenvalue weighted by Crippen LogP contribution is 2.38. The SMILES string of the molecule is COc1c(C(=O)CC2CC2)cc(C(C)(C)C)cc1-n1c(=O)[nH]nc(-c2ccc(OCCN3CCOCC3)c3ccccc23)c1=O. The van der Waals surface area contributed by atoms with Crippen LogP contribution in [-0.4, -0.2) is 72.0 Å². The molecule has 236 valence electrons. The van der Waals surface area contributed by atoms with Gasteiger partial charge in [-0.1, -0.05) is 45.0 Å². The second kappa shape index (κ2) is 12.6. The van der Waals surface area contributed by atoms with Crippen LogP contribution in [0.15, 0.2) is 58.1 Å². The second-order valence-corrected chi connectivity index (χ2v) is 12.9. The van der Waals surface area contributed by atoms with Crippen molar-refractivity contribution in [2.75, 3.05) is 46.6 Å². The minimum absolute atomic E-state index is 0.0596.